The van der Waals surface area contributed by atoms with E-state index in [-0.39, 0.29) is 10.7 Å². The number of sulfonamides is 1. The van der Waals surface area contributed by atoms with Crippen LogP contribution in [0.25, 0.3) is 0 Å². The second-order valence-corrected chi connectivity index (χ2v) is 7.12. The molecule has 0 spiro atoms. The third-order valence-electron chi connectivity index (χ3n) is 3.79. The molecule has 0 saturated carbocycles. The fourth-order valence-corrected chi connectivity index (χ4v) is 3.65. The zero-order chi connectivity index (χ0) is 15.3. The molecule has 3 N–H and O–H groups in total. The summed E-state index contributed by atoms with van der Waals surface area (Å²) in [6.07, 6.45) is 6.42. The smallest absolute Gasteiger partial charge is 0.245 e. The normalized spacial score (nSPS) is 17.8. The van der Waals surface area contributed by atoms with Crippen molar-refractivity contribution in [3.63, 3.8) is 0 Å². The molecule has 1 saturated heterocycles. The van der Waals surface area contributed by atoms with Crippen molar-refractivity contribution in [3.8, 4) is 0 Å². The van der Waals surface area contributed by atoms with Crippen molar-refractivity contribution < 1.29 is 8.42 Å². The van der Waals surface area contributed by atoms with Gasteiger partial charge in [0.2, 0.25) is 10.0 Å². The lowest BCUT2D eigenvalue weighted by Crippen LogP contribution is -2.35. The van der Waals surface area contributed by atoms with E-state index in [0.29, 0.717) is 13.1 Å². The summed E-state index contributed by atoms with van der Waals surface area (Å²) in [5.74, 6) is 0.0547. The maximum Gasteiger partial charge on any atom is 0.245 e. The molecule has 0 amide bonds. The van der Waals surface area contributed by atoms with Crippen LogP contribution >= 0.6 is 0 Å². The maximum atomic E-state index is 12.2. The SMILES string of the molecule is CCn1cc(S(=O)(=O)NCCN2CCCCCC2)c(N)n1. The molecule has 7 nitrogen and oxygen atoms in total. The standard InChI is InChI=1S/C13H25N5O2S/c1-2-18-11-12(13(14)16-18)21(19,20)15-7-10-17-8-5-3-4-6-9-17/h11,15H,2-10H2,1H3,(H2,14,16). The molecule has 2 heterocycles. The Labute approximate surface area is 126 Å². The number of rotatable bonds is 6. The monoisotopic (exact) mass is 315 g/mol. The van der Waals surface area contributed by atoms with Crippen LogP contribution in [0.3, 0.4) is 0 Å². The van der Waals surface area contributed by atoms with Crippen LogP contribution in [0.1, 0.15) is 32.6 Å². The van der Waals surface area contributed by atoms with Gasteiger partial charge in [-0.2, -0.15) is 5.10 Å². The highest BCUT2D eigenvalue weighted by Crippen LogP contribution is 2.15. The minimum atomic E-state index is -3.58. The number of likely N-dealkylation sites (tertiary alicyclic amines) is 1. The van der Waals surface area contributed by atoms with Gasteiger partial charge in [0.1, 0.15) is 4.90 Å². The van der Waals surface area contributed by atoms with E-state index in [1.54, 1.807) is 0 Å². The van der Waals surface area contributed by atoms with E-state index in [4.69, 9.17) is 5.73 Å². The predicted octanol–water partition coefficient (Wildman–Crippen LogP) is 0.640. The summed E-state index contributed by atoms with van der Waals surface area (Å²) in [6.45, 7) is 5.72. The molecule has 0 aromatic carbocycles. The molecule has 0 atom stereocenters. The first-order valence-electron chi connectivity index (χ1n) is 7.58. The van der Waals surface area contributed by atoms with E-state index in [2.05, 4.69) is 14.7 Å². The van der Waals surface area contributed by atoms with E-state index >= 15 is 0 Å². The first kappa shape index (κ1) is 16.3. The highest BCUT2D eigenvalue weighted by atomic mass is 32.2. The number of nitrogens with one attached hydrogen (secondary N) is 1. The molecule has 120 valence electrons. The number of aryl methyl sites for hydroxylation is 1. The van der Waals surface area contributed by atoms with Crippen LogP contribution in [0.4, 0.5) is 5.82 Å². The Morgan fingerprint density at radius 3 is 2.52 bits per heavy atom. The largest absolute Gasteiger partial charge is 0.381 e. The Morgan fingerprint density at radius 2 is 1.95 bits per heavy atom. The van der Waals surface area contributed by atoms with Gasteiger partial charge in [-0.1, -0.05) is 12.8 Å². The Hall–Kier alpha value is -1.12. The molecule has 1 aliphatic rings. The van der Waals surface area contributed by atoms with Crippen molar-refractivity contribution in [2.45, 2.75) is 44.0 Å². The first-order chi connectivity index (χ1) is 10.0. The highest BCUT2D eigenvalue weighted by molar-refractivity contribution is 7.89. The molecule has 2 rings (SSSR count). The quantitative estimate of drug-likeness (QED) is 0.803. The van der Waals surface area contributed by atoms with Crippen molar-refractivity contribution in [1.29, 1.82) is 0 Å². The minimum Gasteiger partial charge on any atom is -0.381 e. The summed E-state index contributed by atoms with van der Waals surface area (Å²) in [4.78, 5) is 2.38. The molecular weight excluding hydrogens is 290 g/mol. The van der Waals surface area contributed by atoms with E-state index in [9.17, 15) is 8.42 Å². The van der Waals surface area contributed by atoms with Gasteiger partial charge < -0.3 is 10.6 Å². The molecular formula is C13H25N5O2S. The van der Waals surface area contributed by atoms with E-state index < -0.39 is 10.0 Å². The van der Waals surface area contributed by atoms with Crippen LogP contribution in [0, 0.1) is 0 Å². The van der Waals surface area contributed by atoms with Crippen LogP contribution in [0.2, 0.25) is 0 Å². The van der Waals surface area contributed by atoms with Crippen LogP contribution in [-0.2, 0) is 16.6 Å². The van der Waals surface area contributed by atoms with Gasteiger partial charge in [-0.3, -0.25) is 4.68 Å². The topological polar surface area (TPSA) is 93.2 Å². The van der Waals surface area contributed by atoms with Crippen LogP contribution < -0.4 is 10.5 Å². The molecule has 0 bridgehead atoms. The Morgan fingerprint density at radius 1 is 1.29 bits per heavy atom. The van der Waals surface area contributed by atoms with Crippen molar-refractivity contribution >= 4 is 15.8 Å². The van der Waals surface area contributed by atoms with Crippen LogP contribution in [0.15, 0.2) is 11.1 Å². The summed E-state index contributed by atoms with van der Waals surface area (Å²) >= 11 is 0. The van der Waals surface area contributed by atoms with Crippen molar-refractivity contribution in [3.05, 3.63) is 6.20 Å². The molecule has 1 fully saturated rings. The average Bonchev–Trinajstić information content (AvgIpc) is 2.66. The molecule has 1 aromatic rings. The highest BCUT2D eigenvalue weighted by Gasteiger charge is 2.21. The van der Waals surface area contributed by atoms with Gasteiger partial charge >= 0.3 is 0 Å². The summed E-state index contributed by atoms with van der Waals surface area (Å²) in [5, 5.41) is 3.97. The molecule has 1 aromatic heterocycles. The van der Waals surface area contributed by atoms with Gasteiger partial charge in [-0.25, -0.2) is 13.1 Å². The van der Waals surface area contributed by atoms with Crippen molar-refractivity contribution in [2.24, 2.45) is 0 Å². The van der Waals surface area contributed by atoms with Gasteiger partial charge in [-0.15, -0.1) is 0 Å². The average molecular weight is 315 g/mol. The molecule has 8 heteroatoms. The number of aromatic nitrogens is 2. The van der Waals surface area contributed by atoms with Gasteiger partial charge in [0.25, 0.3) is 0 Å². The van der Waals surface area contributed by atoms with Gasteiger partial charge in [-0.05, 0) is 32.9 Å². The zero-order valence-electron chi connectivity index (χ0n) is 12.6. The van der Waals surface area contributed by atoms with Crippen LogP contribution in [0.5, 0.6) is 0 Å². The third kappa shape index (κ3) is 4.42. The van der Waals surface area contributed by atoms with Crippen LogP contribution in [-0.4, -0.2) is 49.3 Å². The summed E-state index contributed by atoms with van der Waals surface area (Å²) in [7, 11) is -3.58. The van der Waals surface area contributed by atoms with Crippen molar-refractivity contribution in [1.82, 2.24) is 19.4 Å². The Bertz CT molecular complexity index is 547. The molecule has 1 aliphatic heterocycles. The number of nitrogen functional groups attached to an aromatic ring is 1. The summed E-state index contributed by atoms with van der Waals surface area (Å²) < 4.78 is 28.6. The van der Waals surface area contributed by atoms with Gasteiger partial charge in [0.05, 0.1) is 0 Å². The summed E-state index contributed by atoms with van der Waals surface area (Å²) in [6, 6.07) is 0. The second kappa shape index (κ2) is 7.24. The maximum absolute atomic E-state index is 12.2. The second-order valence-electron chi connectivity index (χ2n) is 5.39. The lowest BCUT2D eigenvalue weighted by Gasteiger charge is -2.19. The molecule has 0 aliphatic carbocycles. The van der Waals surface area contributed by atoms with E-state index in [1.807, 2.05) is 6.92 Å². The summed E-state index contributed by atoms with van der Waals surface area (Å²) in [5.41, 5.74) is 5.68. The molecule has 21 heavy (non-hydrogen) atoms. The van der Waals surface area contributed by atoms with E-state index in [0.717, 1.165) is 19.6 Å². The number of nitrogens with zero attached hydrogens (tertiary/aromatic N) is 3. The fraction of sp³-hybridized carbons (Fsp3) is 0.769. The number of hydrogen-bond donors (Lipinski definition) is 2. The fourth-order valence-electron chi connectivity index (χ4n) is 2.56. The zero-order valence-corrected chi connectivity index (χ0v) is 13.4. The molecule has 0 unspecified atom stereocenters. The van der Waals surface area contributed by atoms with Crippen molar-refractivity contribution in [2.75, 3.05) is 31.9 Å². The van der Waals surface area contributed by atoms with E-state index in [1.165, 1.54) is 36.6 Å². The van der Waals surface area contributed by atoms with Gasteiger partial charge in [0, 0.05) is 25.8 Å². The van der Waals surface area contributed by atoms with Gasteiger partial charge in [0.15, 0.2) is 5.82 Å². The predicted molar refractivity (Wildman–Crippen MR) is 82.4 cm³/mol. The number of nitrogens with two attached hydrogens (primary N) is 1. The number of hydrogen-bond acceptors (Lipinski definition) is 5. The molecule has 0 radical (unpaired) electrons. The lowest BCUT2D eigenvalue weighted by molar-refractivity contribution is 0.290. The first-order valence-corrected chi connectivity index (χ1v) is 9.06. The minimum absolute atomic E-state index is 0.0547. The number of anilines is 1. The third-order valence-corrected chi connectivity index (χ3v) is 5.26. The Balaban J connectivity index is 1.90. The Kier molecular flexibility index (Phi) is 5.60. The lowest BCUT2D eigenvalue weighted by atomic mass is 10.2.